The molecule has 0 saturated carbocycles. The molecule has 6 heteroatoms. The van der Waals surface area contributed by atoms with E-state index in [0.717, 1.165) is 18.4 Å². The van der Waals surface area contributed by atoms with E-state index in [-0.39, 0.29) is 4.90 Å². The van der Waals surface area contributed by atoms with E-state index in [1.165, 1.54) is 0 Å². The molecule has 0 unspecified atom stereocenters. The van der Waals surface area contributed by atoms with E-state index in [0.29, 0.717) is 24.8 Å². The lowest BCUT2D eigenvalue weighted by molar-refractivity contribution is 0.408. The fourth-order valence-corrected chi connectivity index (χ4v) is 3.18. The lowest BCUT2D eigenvalue weighted by Gasteiger charge is -2.12. The van der Waals surface area contributed by atoms with Crippen molar-refractivity contribution in [3.05, 3.63) is 23.8 Å². The highest BCUT2D eigenvalue weighted by atomic mass is 32.2. The monoisotopic (exact) mass is 314 g/mol. The normalized spacial score (nSPS) is 11.9. The van der Waals surface area contributed by atoms with Gasteiger partial charge in [0.15, 0.2) is 0 Å². The first-order valence-corrected chi connectivity index (χ1v) is 8.70. The molecule has 0 atom stereocenters. The van der Waals surface area contributed by atoms with Gasteiger partial charge in [0.25, 0.3) is 0 Å². The molecule has 1 aromatic rings. The molecule has 0 bridgehead atoms. The van der Waals surface area contributed by atoms with E-state index < -0.39 is 10.0 Å². The summed E-state index contributed by atoms with van der Waals surface area (Å²) in [5.74, 6) is 1.26. The summed E-state index contributed by atoms with van der Waals surface area (Å²) in [6.07, 6.45) is 1.85. The molecule has 0 heterocycles. The minimum Gasteiger partial charge on any atom is -0.496 e. The van der Waals surface area contributed by atoms with Gasteiger partial charge >= 0.3 is 0 Å². The summed E-state index contributed by atoms with van der Waals surface area (Å²) in [6.45, 7) is 5.28. The van der Waals surface area contributed by atoms with Gasteiger partial charge in [-0.3, -0.25) is 0 Å². The van der Waals surface area contributed by atoms with Crippen LogP contribution in [0.25, 0.3) is 0 Å². The van der Waals surface area contributed by atoms with Crippen molar-refractivity contribution in [1.82, 2.24) is 10.0 Å². The molecule has 0 aliphatic heterocycles. The van der Waals surface area contributed by atoms with Crippen molar-refractivity contribution in [2.75, 3.05) is 20.7 Å². The van der Waals surface area contributed by atoms with Crippen molar-refractivity contribution in [2.24, 2.45) is 5.92 Å². The van der Waals surface area contributed by atoms with Crippen LogP contribution in [0.2, 0.25) is 0 Å². The Hall–Kier alpha value is -1.11. The second-order valence-electron chi connectivity index (χ2n) is 5.44. The van der Waals surface area contributed by atoms with Gasteiger partial charge < -0.3 is 10.1 Å². The Labute approximate surface area is 128 Å². The molecule has 2 N–H and O–H groups in total. The van der Waals surface area contributed by atoms with Gasteiger partial charge in [-0.15, -0.1) is 0 Å². The zero-order chi connectivity index (χ0) is 15.9. The molecule has 0 radical (unpaired) electrons. The maximum atomic E-state index is 12.3. The van der Waals surface area contributed by atoms with Crippen LogP contribution in [0.1, 0.15) is 32.3 Å². The van der Waals surface area contributed by atoms with Gasteiger partial charge in [-0.25, -0.2) is 13.1 Å². The molecule has 0 aliphatic carbocycles. The number of hydrogen-bond acceptors (Lipinski definition) is 4. The highest BCUT2D eigenvalue weighted by Gasteiger charge is 2.15. The lowest BCUT2D eigenvalue weighted by atomic mass is 10.1. The van der Waals surface area contributed by atoms with Crippen LogP contribution >= 0.6 is 0 Å². The molecule has 1 aromatic carbocycles. The van der Waals surface area contributed by atoms with E-state index >= 15 is 0 Å². The van der Waals surface area contributed by atoms with E-state index in [1.807, 2.05) is 7.05 Å². The highest BCUT2D eigenvalue weighted by molar-refractivity contribution is 7.89. The Bertz CT molecular complexity index is 542. The van der Waals surface area contributed by atoms with Gasteiger partial charge in [0.1, 0.15) is 5.75 Å². The van der Waals surface area contributed by atoms with Crippen LogP contribution < -0.4 is 14.8 Å². The van der Waals surface area contributed by atoms with Crippen LogP contribution in [0.5, 0.6) is 5.75 Å². The SMILES string of the molecule is CNCc1cc(S(=O)(=O)NCCCC(C)C)ccc1OC. The first-order chi connectivity index (χ1) is 9.90. The number of hydrogen-bond donors (Lipinski definition) is 2. The first-order valence-electron chi connectivity index (χ1n) is 7.22. The largest absolute Gasteiger partial charge is 0.496 e. The Morgan fingerprint density at radius 3 is 2.57 bits per heavy atom. The average molecular weight is 314 g/mol. The third-order valence-electron chi connectivity index (χ3n) is 3.18. The molecule has 21 heavy (non-hydrogen) atoms. The Morgan fingerprint density at radius 1 is 1.29 bits per heavy atom. The minimum atomic E-state index is -3.46. The summed E-state index contributed by atoms with van der Waals surface area (Å²) in [5, 5.41) is 3.01. The maximum absolute atomic E-state index is 12.3. The fraction of sp³-hybridized carbons (Fsp3) is 0.600. The number of ether oxygens (including phenoxy) is 1. The number of sulfonamides is 1. The van der Waals surface area contributed by atoms with Crippen LogP contribution in [-0.2, 0) is 16.6 Å². The number of benzene rings is 1. The second-order valence-corrected chi connectivity index (χ2v) is 7.20. The van der Waals surface area contributed by atoms with Crippen molar-refractivity contribution in [3.63, 3.8) is 0 Å². The van der Waals surface area contributed by atoms with Crippen LogP contribution in [0, 0.1) is 5.92 Å². The summed E-state index contributed by atoms with van der Waals surface area (Å²) in [6, 6.07) is 4.91. The molecule has 1 rings (SSSR count). The first kappa shape index (κ1) is 17.9. The van der Waals surface area contributed by atoms with Crippen molar-refractivity contribution >= 4 is 10.0 Å². The summed E-state index contributed by atoms with van der Waals surface area (Å²) >= 11 is 0. The lowest BCUT2D eigenvalue weighted by Crippen LogP contribution is -2.25. The van der Waals surface area contributed by atoms with Gasteiger partial charge in [0, 0.05) is 18.7 Å². The van der Waals surface area contributed by atoms with Crippen LogP contribution in [0.15, 0.2) is 23.1 Å². The van der Waals surface area contributed by atoms with Crippen LogP contribution in [0.4, 0.5) is 0 Å². The molecule has 0 fully saturated rings. The predicted molar refractivity (Wildman–Crippen MR) is 85.0 cm³/mol. The second kappa shape index (κ2) is 8.36. The Balaban J connectivity index is 2.80. The zero-order valence-corrected chi connectivity index (χ0v) is 14.1. The van der Waals surface area contributed by atoms with Crippen LogP contribution in [-0.4, -0.2) is 29.1 Å². The number of nitrogens with one attached hydrogen (secondary N) is 2. The van der Waals surface area contributed by atoms with Gasteiger partial charge in [-0.05, 0) is 44.0 Å². The Kier molecular flexibility index (Phi) is 7.14. The van der Waals surface area contributed by atoms with Gasteiger partial charge in [-0.1, -0.05) is 13.8 Å². The third-order valence-corrected chi connectivity index (χ3v) is 4.64. The number of methoxy groups -OCH3 is 1. The van der Waals surface area contributed by atoms with Gasteiger partial charge in [0.05, 0.1) is 12.0 Å². The maximum Gasteiger partial charge on any atom is 0.240 e. The molecular formula is C15H26N2O3S. The van der Waals surface area contributed by atoms with E-state index in [9.17, 15) is 8.42 Å². The van der Waals surface area contributed by atoms with E-state index in [1.54, 1.807) is 25.3 Å². The zero-order valence-electron chi connectivity index (χ0n) is 13.3. The van der Waals surface area contributed by atoms with E-state index in [2.05, 4.69) is 23.9 Å². The third kappa shape index (κ3) is 5.65. The minimum absolute atomic E-state index is 0.276. The molecule has 120 valence electrons. The van der Waals surface area contributed by atoms with Gasteiger partial charge in [0.2, 0.25) is 10.0 Å². The fourth-order valence-electron chi connectivity index (χ4n) is 2.05. The number of rotatable bonds is 9. The topological polar surface area (TPSA) is 67.4 Å². The molecule has 0 aliphatic rings. The molecule has 5 nitrogen and oxygen atoms in total. The highest BCUT2D eigenvalue weighted by Crippen LogP contribution is 2.22. The Morgan fingerprint density at radius 2 is 2.00 bits per heavy atom. The smallest absolute Gasteiger partial charge is 0.240 e. The summed E-state index contributed by atoms with van der Waals surface area (Å²) in [4.78, 5) is 0.276. The van der Waals surface area contributed by atoms with Crippen LogP contribution in [0.3, 0.4) is 0 Å². The van der Waals surface area contributed by atoms with Crippen molar-refractivity contribution in [2.45, 2.75) is 38.1 Å². The molecular weight excluding hydrogens is 288 g/mol. The van der Waals surface area contributed by atoms with Crippen molar-refractivity contribution < 1.29 is 13.2 Å². The predicted octanol–water partition coefficient (Wildman–Crippen LogP) is 2.13. The van der Waals surface area contributed by atoms with Gasteiger partial charge in [-0.2, -0.15) is 0 Å². The standard InChI is InChI=1S/C15H26N2O3S/c1-12(2)6-5-9-17-21(18,19)14-7-8-15(20-4)13(10-14)11-16-3/h7-8,10,12,16-17H,5-6,9,11H2,1-4H3. The molecule has 0 saturated heterocycles. The van der Waals surface area contributed by atoms with E-state index in [4.69, 9.17) is 4.74 Å². The average Bonchev–Trinajstić information content (AvgIpc) is 2.44. The molecule has 0 aromatic heterocycles. The molecule has 0 amide bonds. The summed E-state index contributed by atoms with van der Waals surface area (Å²) < 4.78 is 32.4. The summed E-state index contributed by atoms with van der Waals surface area (Å²) in [7, 11) is -0.0708. The summed E-state index contributed by atoms with van der Waals surface area (Å²) in [5.41, 5.74) is 0.824. The molecule has 0 spiro atoms. The quantitative estimate of drug-likeness (QED) is 0.685. The van der Waals surface area contributed by atoms with Crippen molar-refractivity contribution in [3.8, 4) is 5.75 Å². The van der Waals surface area contributed by atoms with Crippen molar-refractivity contribution in [1.29, 1.82) is 0 Å².